The number of benzene rings is 1. The van der Waals surface area contributed by atoms with Crippen LogP contribution in [0.4, 0.5) is 18.9 Å². The Hall–Kier alpha value is -1.24. The Kier molecular flexibility index (Phi) is 5.01. The number of nitrogens with one attached hydrogen (secondary N) is 1. The third-order valence-corrected chi connectivity index (χ3v) is 4.11. The van der Waals surface area contributed by atoms with E-state index in [1.807, 2.05) is 0 Å². The number of halogens is 3. The van der Waals surface area contributed by atoms with Gasteiger partial charge < -0.3 is 5.32 Å². The first-order valence-corrected chi connectivity index (χ1v) is 7.26. The molecule has 102 valence electrons. The van der Waals surface area contributed by atoms with Crippen LogP contribution < -0.4 is 5.32 Å². The van der Waals surface area contributed by atoms with E-state index in [2.05, 4.69) is 5.32 Å². The average Bonchev–Trinajstić information content (AvgIpc) is 2.25. The molecule has 1 aromatic carbocycles. The zero-order valence-corrected chi connectivity index (χ0v) is 10.7. The SMILES string of the molecule is CCCS(=O)(=O)CCNc1cc(F)c(F)cc1F. The van der Waals surface area contributed by atoms with Crippen LogP contribution in [0.1, 0.15) is 13.3 Å². The molecule has 0 fully saturated rings. The summed E-state index contributed by atoms with van der Waals surface area (Å²) < 4.78 is 61.4. The molecule has 7 heteroatoms. The second-order valence-corrected chi connectivity index (χ2v) is 6.13. The lowest BCUT2D eigenvalue weighted by Crippen LogP contribution is -2.18. The van der Waals surface area contributed by atoms with Crippen LogP contribution in [0.5, 0.6) is 0 Å². The minimum atomic E-state index is -3.19. The quantitative estimate of drug-likeness (QED) is 0.814. The summed E-state index contributed by atoms with van der Waals surface area (Å²) >= 11 is 0. The third-order valence-electron chi connectivity index (χ3n) is 2.25. The molecule has 0 heterocycles. The van der Waals surface area contributed by atoms with Crippen molar-refractivity contribution in [2.75, 3.05) is 23.4 Å². The molecule has 0 saturated carbocycles. The van der Waals surface area contributed by atoms with E-state index < -0.39 is 27.3 Å². The van der Waals surface area contributed by atoms with Gasteiger partial charge in [-0.15, -0.1) is 0 Å². The maximum atomic E-state index is 13.2. The van der Waals surface area contributed by atoms with Crippen molar-refractivity contribution in [2.45, 2.75) is 13.3 Å². The first-order valence-electron chi connectivity index (χ1n) is 5.44. The third kappa shape index (κ3) is 4.21. The molecule has 1 rings (SSSR count). The summed E-state index contributed by atoms with van der Waals surface area (Å²) in [7, 11) is -3.19. The highest BCUT2D eigenvalue weighted by atomic mass is 32.2. The molecule has 0 aromatic heterocycles. The summed E-state index contributed by atoms with van der Waals surface area (Å²) in [6.07, 6.45) is 0.502. The molecule has 0 unspecified atom stereocenters. The van der Waals surface area contributed by atoms with E-state index in [4.69, 9.17) is 0 Å². The van der Waals surface area contributed by atoms with E-state index in [1.165, 1.54) is 0 Å². The van der Waals surface area contributed by atoms with E-state index in [9.17, 15) is 21.6 Å². The van der Waals surface area contributed by atoms with Crippen molar-refractivity contribution in [2.24, 2.45) is 0 Å². The Bertz CT molecular complexity index is 517. The fourth-order valence-electron chi connectivity index (χ4n) is 1.41. The van der Waals surface area contributed by atoms with Gasteiger partial charge in [-0.05, 0) is 6.42 Å². The second-order valence-electron chi connectivity index (χ2n) is 3.82. The van der Waals surface area contributed by atoms with E-state index in [1.54, 1.807) is 6.92 Å². The number of hydrogen-bond donors (Lipinski definition) is 1. The second kappa shape index (κ2) is 6.08. The van der Waals surface area contributed by atoms with Gasteiger partial charge in [-0.25, -0.2) is 21.6 Å². The Morgan fingerprint density at radius 1 is 1.06 bits per heavy atom. The molecule has 0 spiro atoms. The molecule has 0 saturated heterocycles. The molecule has 0 radical (unpaired) electrons. The predicted octanol–water partition coefficient (Wildman–Crippen LogP) is 2.34. The van der Waals surface area contributed by atoms with Crippen LogP contribution in [-0.2, 0) is 9.84 Å². The topological polar surface area (TPSA) is 46.2 Å². The monoisotopic (exact) mass is 281 g/mol. The van der Waals surface area contributed by atoms with Gasteiger partial charge in [0.2, 0.25) is 0 Å². The summed E-state index contributed by atoms with van der Waals surface area (Å²) in [5.74, 6) is -3.55. The number of anilines is 1. The molecular formula is C11H14F3NO2S. The van der Waals surface area contributed by atoms with Crippen molar-refractivity contribution in [3.8, 4) is 0 Å². The number of hydrogen-bond acceptors (Lipinski definition) is 3. The van der Waals surface area contributed by atoms with Crippen LogP contribution in [0.15, 0.2) is 12.1 Å². The molecule has 0 bridgehead atoms. The number of rotatable bonds is 6. The lowest BCUT2D eigenvalue weighted by Gasteiger charge is -2.08. The van der Waals surface area contributed by atoms with Gasteiger partial charge in [0.05, 0.1) is 11.4 Å². The molecular weight excluding hydrogens is 267 g/mol. The molecule has 0 atom stereocenters. The van der Waals surface area contributed by atoms with Crippen LogP contribution in [0, 0.1) is 17.5 Å². The molecule has 1 aromatic rings. The summed E-state index contributed by atoms with van der Waals surface area (Å²) in [6.45, 7) is 1.68. The Morgan fingerprint density at radius 2 is 1.67 bits per heavy atom. The van der Waals surface area contributed by atoms with Crippen molar-refractivity contribution >= 4 is 15.5 Å². The molecule has 18 heavy (non-hydrogen) atoms. The minimum absolute atomic E-state index is 0.0505. The lowest BCUT2D eigenvalue weighted by atomic mass is 10.3. The Balaban J connectivity index is 2.62. The van der Waals surface area contributed by atoms with E-state index in [0.717, 1.165) is 0 Å². The Labute approximate surface area is 104 Å². The predicted molar refractivity (Wildman–Crippen MR) is 63.8 cm³/mol. The van der Waals surface area contributed by atoms with Gasteiger partial charge in [0.1, 0.15) is 5.82 Å². The van der Waals surface area contributed by atoms with Gasteiger partial charge in [0.15, 0.2) is 21.5 Å². The standard InChI is InChI=1S/C11H14F3NO2S/c1-2-4-18(16,17)5-3-15-11-7-9(13)8(12)6-10(11)14/h6-7,15H,2-5H2,1H3. The van der Waals surface area contributed by atoms with Gasteiger partial charge in [0, 0.05) is 24.4 Å². The molecule has 0 aliphatic rings. The summed E-state index contributed by atoms with van der Waals surface area (Å²) in [5, 5.41) is 2.43. The minimum Gasteiger partial charge on any atom is -0.382 e. The molecule has 0 amide bonds. The summed E-state index contributed by atoms with van der Waals surface area (Å²) in [4.78, 5) is 0. The largest absolute Gasteiger partial charge is 0.382 e. The van der Waals surface area contributed by atoms with Crippen LogP contribution in [0.3, 0.4) is 0 Å². The lowest BCUT2D eigenvalue weighted by molar-refractivity contribution is 0.496. The smallest absolute Gasteiger partial charge is 0.161 e. The summed E-state index contributed by atoms with van der Waals surface area (Å²) in [6, 6.07) is 1.08. The highest BCUT2D eigenvalue weighted by Crippen LogP contribution is 2.18. The van der Waals surface area contributed by atoms with Gasteiger partial charge in [-0.1, -0.05) is 6.92 Å². The molecule has 3 nitrogen and oxygen atoms in total. The van der Waals surface area contributed by atoms with Crippen LogP contribution in [-0.4, -0.2) is 26.5 Å². The molecule has 1 N–H and O–H groups in total. The zero-order chi connectivity index (χ0) is 13.8. The maximum absolute atomic E-state index is 13.2. The highest BCUT2D eigenvalue weighted by Gasteiger charge is 2.12. The normalized spacial score (nSPS) is 11.6. The fraction of sp³-hybridized carbons (Fsp3) is 0.455. The van der Waals surface area contributed by atoms with Gasteiger partial charge in [-0.2, -0.15) is 0 Å². The highest BCUT2D eigenvalue weighted by molar-refractivity contribution is 7.91. The maximum Gasteiger partial charge on any atom is 0.161 e. The number of sulfone groups is 1. The van der Waals surface area contributed by atoms with E-state index >= 15 is 0 Å². The average molecular weight is 281 g/mol. The van der Waals surface area contributed by atoms with Crippen LogP contribution in [0.2, 0.25) is 0 Å². The van der Waals surface area contributed by atoms with Gasteiger partial charge in [-0.3, -0.25) is 0 Å². The van der Waals surface area contributed by atoms with Crippen LogP contribution >= 0.6 is 0 Å². The molecule has 0 aliphatic heterocycles. The molecule has 0 aliphatic carbocycles. The van der Waals surface area contributed by atoms with Crippen molar-refractivity contribution < 1.29 is 21.6 Å². The fourth-order valence-corrected chi connectivity index (χ4v) is 2.65. The first kappa shape index (κ1) is 14.8. The van der Waals surface area contributed by atoms with Gasteiger partial charge in [0.25, 0.3) is 0 Å². The zero-order valence-electron chi connectivity index (χ0n) is 9.84. The van der Waals surface area contributed by atoms with Crippen LogP contribution in [0.25, 0.3) is 0 Å². The summed E-state index contributed by atoms with van der Waals surface area (Å²) in [5.41, 5.74) is -0.249. The van der Waals surface area contributed by atoms with Crippen molar-refractivity contribution in [3.63, 3.8) is 0 Å². The Morgan fingerprint density at radius 3 is 2.28 bits per heavy atom. The van der Waals surface area contributed by atoms with E-state index in [-0.39, 0.29) is 23.7 Å². The van der Waals surface area contributed by atoms with Crippen molar-refractivity contribution in [1.82, 2.24) is 0 Å². The van der Waals surface area contributed by atoms with Crippen molar-refractivity contribution in [3.05, 3.63) is 29.6 Å². The van der Waals surface area contributed by atoms with Gasteiger partial charge >= 0.3 is 0 Å². The van der Waals surface area contributed by atoms with Crippen molar-refractivity contribution in [1.29, 1.82) is 0 Å². The van der Waals surface area contributed by atoms with E-state index in [0.29, 0.717) is 18.6 Å². The first-order chi connectivity index (χ1) is 8.35.